The Labute approximate surface area is 287 Å². The minimum absolute atomic E-state index is 0.0506. The van der Waals surface area contributed by atoms with Gasteiger partial charge >= 0.3 is 6.09 Å². The van der Waals surface area contributed by atoms with Crippen molar-refractivity contribution in [1.29, 1.82) is 0 Å². The monoisotopic (exact) mass is 742 g/mol. The maximum Gasteiger partial charge on any atom is 0.410 e. The normalized spacial score (nSPS) is 16.0. The summed E-state index contributed by atoms with van der Waals surface area (Å²) in [6.07, 6.45) is 2.58. The molecule has 3 heterocycles. The third kappa shape index (κ3) is 9.44. The van der Waals surface area contributed by atoms with Gasteiger partial charge in [0.15, 0.2) is 5.78 Å². The van der Waals surface area contributed by atoms with Crippen molar-refractivity contribution in [1.82, 2.24) is 20.4 Å². The molecule has 1 aromatic heterocycles. The largest absolute Gasteiger partial charge is 0.444 e. The van der Waals surface area contributed by atoms with E-state index in [2.05, 4.69) is 26.6 Å². The average Bonchev–Trinajstić information content (AvgIpc) is 3.50. The van der Waals surface area contributed by atoms with Crippen LogP contribution in [0.3, 0.4) is 0 Å². The molecular weight excluding hydrogens is 703 g/mol. The van der Waals surface area contributed by atoms with Gasteiger partial charge in [0, 0.05) is 62.9 Å². The number of nitrogens with one attached hydrogen (secondary N) is 2. The second-order valence-electron chi connectivity index (χ2n) is 12.9. The van der Waals surface area contributed by atoms with Gasteiger partial charge in [-0.15, -0.1) is 11.3 Å². The fourth-order valence-corrected chi connectivity index (χ4v) is 7.90. The van der Waals surface area contributed by atoms with E-state index in [0.717, 1.165) is 40.4 Å². The van der Waals surface area contributed by atoms with Gasteiger partial charge in [0.1, 0.15) is 14.3 Å². The van der Waals surface area contributed by atoms with Crippen molar-refractivity contribution >= 4 is 74.2 Å². The number of carbonyl (C=O) groups is 4. The first-order valence-corrected chi connectivity index (χ1v) is 17.6. The summed E-state index contributed by atoms with van der Waals surface area (Å²) in [4.78, 5) is 54.8. The summed E-state index contributed by atoms with van der Waals surface area (Å²) < 4.78 is 7.44. The minimum Gasteiger partial charge on any atom is -0.444 e. The summed E-state index contributed by atoms with van der Waals surface area (Å²) in [5.74, 6) is -0.118. The molecule has 45 heavy (non-hydrogen) atoms. The smallest absolute Gasteiger partial charge is 0.410 e. The van der Waals surface area contributed by atoms with Gasteiger partial charge < -0.3 is 25.2 Å². The van der Waals surface area contributed by atoms with Crippen LogP contribution in [0.1, 0.15) is 97.7 Å². The first kappa shape index (κ1) is 35.7. The number of fused-ring (bicyclic) bond motifs is 1. The average molecular weight is 745 g/mol. The number of ether oxygens (including phenoxy) is 1. The molecule has 3 amide bonds. The van der Waals surface area contributed by atoms with Gasteiger partial charge in [-0.25, -0.2) is 4.79 Å². The lowest BCUT2D eigenvalue weighted by atomic mass is 9.92. The molecule has 2 N–H and O–H groups in total. The van der Waals surface area contributed by atoms with Gasteiger partial charge in [0.05, 0.1) is 10.0 Å². The molecule has 246 valence electrons. The molecule has 9 nitrogen and oxygen atoms in total. The second-order valence-corrected chi connectivity index (χ2v) is 15.9. The number of carbonyl (C=O) groups excluding carboxylic acids is 4. The fraction of sp³-hybridized carbons (Fsp3) is 0.562. The van der Waals surface area contributed by atoms with Gasteiger partial charge in [-0.1, -0.05) is 23.2 Å². The maximum atomic E-state index is 13.2. The summed E-state index contributed by atoms with van der Waals surface area (Å²) in [6.45, 7) is 11.9. The number of piperidine rings is 1. The van der Waals surface area contributed by atoms with E-state index in [9.17, 15) is 19.2 Å². The highest BCUT2D eigenvalue weighted by Gasteiger charge is 2.30. The van der Waals surface area contributed by atoms with Crippen molar-refractivity contribution in [3.63, 3.8) is 0 Å². The number of benzene rings is 1. The zero-order chi connectivity index (χ0) is 33.1. The molecule has 1 atom stereocenters. The first-order valence-electron chi connectivity index (χ1n) is 15.2. The summed E-state index contributed by atoms with van der Waals surface area (Å²) in [5, 5.41) is 6.27. The van der Waals surface area contributed by atoms with Crippen LogP contribution in [0.5, 0.6) is 0 Å². The van der Waals surface area contributed by atoms with Crippen LogP contribution < -0.4 is 10.6 Å². The third-order valence-corrected chi connectivity index (χ3v) is 11.2. The molecular formula is C32H41BrCl2N4O5S. The predicted molar refractivity (Wildman–Crippen MR) is 181 cm³/mol. The van der Waals surface area contributed by atoms with Crippen molar-refractivity contribution in [2.45, 2.75) is 91.6 Å². The Balaban J connectivity index is 1.28. The lowest BCUT2D eigenvalue weighted by molar-refractivity contribution is -0.132. The molecule has 2 aromatic rings. The van der Waals surface area contributed by atoms with E-state index in [4.69, 9.17) is 27.9 Å². The summed E-state index contributed by atoms with van der Waals surface area (Å²) in [7, 11) is 0. The molecule has 0 spiro atoms. The zero-order valence-electron chi connectivity index (χ0n) is 26.4. The molecule has 4 rings (SSSR count). The summed E-state index contributed by atoms with van der Waals surface area (Å²) >= 11 is 17.2. The Bertz CT molecular complexity index is 1450. The van der Waals surface area contributed by atoms with Crippen LogP contribution >= 0.6 is 50.5 Å². The Morgan fingerprint density at radius 3 is 2.22 bits per heavy atom. The van der Waals surface area contributed by atoms with Crippen molar-refractivity contribution in [3.8, 4) is 0 Å². The number of hydrogen-bond acceptors (Lipinski definition) is 7. The van der Waals surface area contributed by atoms with Crippen LogP contribution in [0.15, 0.2) is 16.6 Å². The molecule has 2 aliphatic heterocycles. The van der Waals surface area contributed by atoms with Crippen molar-refractivity contribution in [3.05, 3.63) is 53.1 Å². The van der Waals surface area contributed by atoms with Crippen molar-refractivity contribution < 1.29 is 23.9 Å². The number of hydrogen-bond donors (Lipinski definition) is 2. The predicted octanol–water partition coefficient (Wildman–Crippen LogP) is 7.20. The van der Waals surface area contributed by atoms with Gasteiger partial charge in [-0.2, -0.15) is 0 Å². The number of halogens is 3. The van der Waals surface area contributed by atoms with Crippen molar-refractivity contribution in [2.75, 3.05) is 19.6 Å². The number of amides is 3. The molecule has 2 aliphatic rings. The number of thiophene rings is 1. The minimum atomic E-state index is -0.521. The van der Waals surface area contributed by atoms with E-state index in [1.165, 1.54) is 18.3 Å². The number of likely N-dealkylation sites (tertiary alicyclic amines) is 1. The number of ketones is 1. The third-order valence-electron chi connectivity index (χ3n) is 8.12. The molecule has 1 fully saturated rings. The van der Waals surface area contributed by atoms with Gasteiger partial charge in [0.25, 0.3) is 5.91 Å². The first-order chi connectivity index (χ1) is 21.1. The molecule has 1 saturated heterocycles. The lowest BCUT2D eigenvalue weighted by Gasteiger charge is -2.33. The van der Waals surface area contributed by atoms with Crippen LogP contribution in [0.25, 0.3) is 0 Å². The SMILES string of the molecule is CC(=O)c1cc2c(cc1C(=O)NC[C@@H](C)NCc1c(Cl)sc(Cl)c1Br)CN(C(=O)CCC1CCN(C(=O)OC(C)(C)C)CC1)C2. The fourth-order valence-electron chi connectivity index (χ4n) is 5.55. The van der Waals surface area contributed by atoms with E-state index in [0.29, 0.717) is 71.4 Å². The molecule has 13 heteroatoms. The molecule has 1 aromatic carbocycles. The van der Waals surface area contributed by atoms with Crippen LogP contribution in [-0.2, 0) is 29.2 Å². The molecule has 0 aliphatic carbocycles. The molecule has 0 radical (unpaired) electrons. The van der Waals surface area contributed by atoms with Gasteiger partial charge in [-0.3, -0.25) is 14.4 Å². The van der Waals surface area contributed by atoms with Crippen LogP contribution in [0, 0.1) is 5.92 Å². The molecule has 0 unspecified atom stereocenters. The highest BCUT2D eigenvalue weighted by Crippen LogP contribution is 2.40. The van der Waals surface area contributed by atoms with Gasteiger partial charge in [0.2, 0.25) is 5.91 Å². The lowest BCUT2D eigenvalue weighted by Crippen LogP contribution is -2.41. The van der Waals surface area contributed by atoms with Crippen molar-refractivity contribution in [2.24, 2.45) is 5.92 Å². The summed E-state index contributed by atoms with van der Waals surface area (Å²) in [5.41, 5.74) is 2.78. The quantitative estimate of drug-likeness (QED) is 0.250. The number of rotatable bonds is 10. The summed E-state index contributed by atoms with van der Waals surface area (Å²) in [6, 6.07) is 3.43. The second kappa shape index (κ2) is 15.2. The highest BCUT2D eigenvalue weighted by atomic mass is 79.9. The van der Waals surface area contributed by atoms with E-state index >= 15 is 0 Å². The van der Waals surface area contributed by atoms with E-state index in [-0.39, 0.29) is 29.7 Å². The molecule has 0 saturated carbocycles. The number of nitrogens with zero attached hydrogens (tertiary/aromatic N) is 2. The maximum absolute atomic E-state index is 13.2. The Hall–Kier alpha value is -2.18. The van der Waals surface area contributed by atoms with Crippen LogP contribution in [0.2, 0.25) is 8.67 Å². The topological polar surface area (TPSA) is 108 Å². The van der Waals surface area contributed by atoms with E-state index in [1.807, 2.05) is 27.7 Å². The Kier molecular flexibility index (Phi) is 12.0. The van der Waals surface area contributed by atoms with E-state index < -0.39 is 5.60 Å². The number of Topliss-reactive ketones (excluding diaryl/α,β-unsaturated/α-hetero) is 1. The van der Waals surface area contributed by atoms with Crippen LogP contribution in [0.4, 0.5) is 4.79 Å². The van der Waals surface area contributed by atoms with Crippen LogP contribution in [-0.4, -0.2) is 64.8 Å². The standard InChI is InChI=1S/C32H41BrCl2N4O5S/c1-18(36-15-25-27(33)29(35)45-28(25)34)14-37-30(42)24-13-22-17-39(16-21(22)12-23(24)19(2)40)26(41)7-6-20-8-10-38(11-9-20)31(43)44-32(3,4)5/h12-13,18,20,36H,6-11,14-17H2,1-5H3,(H,37,42)/t18-/m1/s1. The Morgan fingerprint density at radius 1 is 1.04 bits per heavy atom. The van der Waals surface area contributed by atoms with E-state index in [1.54, 1.807) is 21.9 Å². The Morgan fingerprint density at radius 2 is 1.67 bits per heavy atom. The molecule has 0 bridgehead atoms. The van der Waals surface area contributed by atoms with Gasteiger partial charge in [-0.05, 0) is 99.0 Å². The highest BCUT2D eigenvalue weighted by molar-refractivity contribution is 9.10. The zero-order valence-corrected chi connectivity index (χ0v) is 30.3.